The van der Waals surface area contributed by atoms with Crippen LogP contribution in [0.4, 0.5) is 11.5 Å². The van der Waals surface area contributed by atoms with Gasteiger partial charge in [0.1, 0.15) is 5.82 Å². The third kappa shape index (κ3) is 3.10. The molecular formula is C9H14N4O2. The van der Waals surface area contributed by atoms with E-state index in [-0.39, 0.29) is 11.3 Å². The van der Waals surface area contributed by atoms with Gasteiger partial charge >= 0.3 is 0 Å². The fourth-order valence-corrected chi connectivity index (χ4v) is 1.06. The van der Waals surface area contributed by atoms with E-state index in [1.54, 1.807) is 7.11 Å². The Hall–Kier alpha value is -1.82. The van der Waals surface area contributed by atoms with Crippen molar-refractivity contribution in [2.75, 3.05) is 31.3 Å². The molecule has 15 heavy (non-hydrogen) atoms. The van der Waals surface area contributed by atoms with Crippen LogP contribution in [0.2, 0.25) is 0 Å². The third-order valence-corrected chi connectivity index (χ3v) is 1.81. The Labute approximate surface area is 87.6 Å². The number of methoxy groups -OCH3 is 1. The number of primary amides is 1. The number of anilines is 2. The Bertz CT molecular complexity index is 354. The van der Waals surface area contributed by atoms with Gasteiger partial charge in [-0.05, 0) is 6.07 Å². The molecule has 0 aromatic carbocycles. The van der Waals surface area contributed by atoms with Crippen LogP contribution in [-0.4, -0.2) is 31.2 Å². The molecule has 0 bridgehead atoms. The van der Waals surface area contributed by atoms with E-state index in [2.05, 4.69) is 10.3 Å². The van der Waals surface area contributed by atoms with E-state index in [1.807, 2.05) is 0 Å². The van der Waals surface area contributed by atoms with Gasteiger partial charge in [0.15, 0.2) is 0 Å². The molecule has 1 aromatic rings. The molecule has 1 aromatic heterocycles. The minimum atomic E-state index is -0.565. The number of pyridine rings is 1. The molecule has 82 valence electrons. The van der Waals surface area contributed by atoms with Gasteiger partial charge in [0.05, 0.1) is 24.1 Å². The number of nitrogens with two attached hydrogens (primary N) is 2. The Morgan fingerprint density at radius 2 is 2.40 bits per heavy atom. The summed E-state index contributed by atoms with van der Waals surface area (Å²) >= 11 is 0. The Balaban J connectivity index is 2.74. The number of rotatable bonds is 5. The molecule has 1 rings (SSSR count). The quantitative estimate of drug-likeness (QED) is 0.585. The normalized spacial score (nSPS) is 9.93. The van der Waals surface area contributed by atoms with Crippen LogP contribution >= 0.6 is 0 Å². The number of hydrogen-bond donors (Lipinski definition) is 3. The second-order valence-corrected chi connectivity index (χ2v) is 2.94. The number of ether oxygens (including phenoxy) is 1. The summed E-state index contributed by atoms with van der Waals surface area (Å²) in [6.07, 6.45) is 1.40. The lowest BCUT2D eigenvalue weighted by molar-refractivity contribution is 0.100. The number of amides is 1. The Kier molecular flexibility index (Phi) is 3.87. The zero-order valence-corrected chi connectivity index (χ0v) is 8.49. The molecule has 0 spiro atoms. The van der Waals surface area contributed by atoms with E-state index in [4.69, 9.17) is 16.2 Å². The van der Waals surface area contributed by atoms with Crippen molar-refractivity contribution in [2.45, 2.75) is 0 Å². The van der Waals surface area contributed by atoms with Crippen molar-refractivity contribution in [1.29, 1.82) is 0 Å². The van der Waals surface area contributed by atoms with Crippen molar-refractivity contribution in [1.82, 2.24) is 4.98 Å². The number of carbonyl (C=O) groups excluding carboxylic acids is 1. The lowest BCUT2D eigenvalue weighted by Crippen LogP contribution is -2.15. The van der Waals surface area contributed by atoms with Gasteiger partial charge < -0.3 is 21.5 Å². The van der Waals surface area contributed by atoms with Gasteiger partial charge in [-0.3, -0.25) is 4.79 Å². The second kappa shape index (κ2) is 5.16. The highest BCUT2D eigenvalue weighted by molar-refractivity contribution is 5.98. The van der Waals surface area contributed by atoms with Crippen LogP contribution in [0.1, 0.15) is 10.4 Å². The van der Waals surface area contributed by atoms with Gasteiger partial charge in [-0.1, -0.05) is 0 Å². The highest BCUT2D eigenvalue weighted by Crippen LogP contribution is 2.13. The zero-order chi connectivity index (χ0) is 11.3. The van der Waals surface area contributed by atoms with Crippen LogP contribution in [0.25, 0.3) is 0 Å². The summed E-state index contributed by atoms with van der Waals surface area (Å²) < 4.78 is 4.86. The fourth-order valence-electron chi connectivity index (χ4n) is 1.06. The molecule has 6 nitrogen and oxygen atoms in total. The topological polar surface area (TPSA) is 103 Å². The van der Waals surface area contributed by atoms with Crippen LogP contribution in [0.3, 0.4) is 0 Å². The van der Waals surface area contributed by atoms with Gasteiger partial charge in [-0.15, -0.1) is 0 Å². The average Bonchev–Trinajstić information content (AvgIpc) is 2.20. The third-order valence-electron chi connectivity index (χ3n) is 1.81. The highest BCUT2D eigenvalue weighted by Gasteiger charge is 2.07. The minimum absolute atomic E-state index is 0.268. The van der Waals surface area contributed by atoms with E-state index in [1.165, 1.54) is 12.3 Å². The Morgan fingerprint density at radius 1 is 1.67 bits per heavy atom. The van der Waals surface area contributed by atoms with E-state index in [0.29, 0.717) is 19.0 Å². The highest BCUT2D eigenvalue weighted by atomic mass is 16.5. The number of hydrogen-bond acceptors (Lipinski definition) is 5. The van der Waals surface area contributed by atoms with Gasteiger partial charge in [0.25, 0.3) is 5.91 Å². The summed E-state index contributed by atoms with van der Waals surface area (Å²) in [7, 11) is 1.60. The van der Waals surface area contributed by atoms with Gasteiger partial charge in [-0.2, -0.15) is 0 Å². The van der Waals surface area contributed by atoms with Crippen LogP contribution in [0.15, 0.2) is 12.3 Å². The lowest BCUT2D eigenvalue weighted by Gasteiger charge is -2.07. The van der Waals surface area contributed by atoms with Crippen molar-refractivity contribution in [2.24, 2.45) is 5.73 Å². The lowest BCUT2D eigenvalue weighted by atomic mass is 10.2. The first-order chi connectivity index (χ1) is 7.15. The van der Waals surface area contributed by atoms with Crippen LogP contribution in [-0.2, 0) is 4.74 Å². The van der Waals surface area contributed by atoms with Crippen LogP contribution < -0.4 is 16.8 Å². The predicted octanol–water partition coefficient (Wildman–Crippen LogP) is -0.179. The summed E-state index contributed by atoms with van der Waals surface area (Å²) in [5.74, 6) is -0.0141. The van der Waals surface area contributed by atoms with E-state index >= 15 is 0 Å². The summed E-state index contributed by atoms with van der Waals surface area (Å²) in [5, 5.41) is 2.97. The zero-order valence-electron chi connectivity index (χ0n) is 8.49. The molecule has 1 amide bonds. The molecule has 6 heteroatoms. The minimum Gasteiger partial charge on any atom is -0.397 e. The van der Waals surface area contributed by atoms with E-state index < -0.39 is 5.91 Å². The van der Waals surface area contributed by atoms with E-state index in [9.17, 15) is 4.79 Å². The molecule has 0 atom stereocenters. The second-order valence-electron chi connectivity index (χ2n) is 2.94. The number of nitrogen functional groups attached to an aromatic ring is 1. The largest absolute Gasteiger partial charge is 0.397 e. The van der Waals surface area contributed by atoms with Crippen molar-refractivity contribution in [3.05, 3.63) is 17.8 Å². The molecule has 0 aliphatic heterocycles. The molecular weight excluding hydrogens is 196 g/mol. The van der Waals surface area contributed by atoms with Crippen molar-refractivity contribution < 1.29 is 9.53 Å². The van der Waals surface area contributed by atoms with Crippen molar-refractivity contribution in [3.8, 4) is 0 Å². The summed E-state index contributed by atoms with van der Waals surface area (Å²) in [6.45, 7) is 1.16. The summed E-state index contributed by atoms with van der Waals surface area (Å²) in [6, 6.07) is 1.52. The number of nitrogens with zero attached hydrogens (tertiary/aromatic N) is 1. The molecule has 0 saturated heterocycles. The van der Waals surface area contributed by atoms with Crippen LogP contribution in [0.5, 0.6) is 0 Å². The predicted molar refractivity (Wildman–Crippen MR) is 57.5 cm³/mol. The monoisotopic (exact) mass is 210 g/mol. The van der Waals surface area contributed by atoms with Gasteiger partial charge in [0.2, 0.25) is 0 Å². The molecule has 0 radical (unpaired) electrons. The SMILES string of the molecule is COCCNc1cc(C(N)=O)c(N)cn1. The standard InChI is InChI=1S/C9H14N4O2/c1-15-3-2-12-8-4-6(9(11)14)7(10)5-13-8/h4-5H,2-3,10H2,1H3,(H2,11,14)(H,12,13). The molecule has 1 heterocycles. The molecule has 0 unspecified atom stereocenters. The molecule has 0 fully saturated rings. The van der Waals surface area contributed by atoms with Gasteiger partial charge in [0, 0.05) is 13.7 Å². The number of nitrogens with one attached hydrogen (secondary N) is 1. The molecule has 5 N–H and O–H groups in total. The first kappa shape index (κ1) is 11.3. The average molecular weight is 210 g/mol. The van der Waals surface area contributed by atoms with Gasteiger partial charge in [-0.25, -0.2) is 4.98 Å². The van der Waals surface area contributed by atoms with Crippen molar-refractivity contribution >= 4 is 17.4 Å². The van der Waals surface area contributed by atoms with Crippen LogP contribution in [0, 0.1) is 0 Å². The number of carbonyl (C=O) groups is 1. The fraction of sp³-hybridized carbons (Fsp3) is 0.333. The Morgan fingerprint density at radius 3 is 3.00 bits per heavy atom. The maximum Gasteiger partial charge on any atom is 0.250 e. The molecule has 0 aliphatic carbocycles. The maximum absolute atomic E-state index is 11.0. The molecule has 0 aliphatic rings. The van der Waals surface area contributed by atoms with E-state index in [0.717, 1.165) is 0 Å². The first-order valence-corrected chi connectivity index (χ1v) is 4.43. The maximum atomic E-state index is 11.0. The number of aromatic nitrogens is 1. The summed E-state index contributed by atoms with van der Waals surface area (Å²) in [4.78, 5) is 15.0. The first-order valence-electron chi connectivity index (χ1n) is 4.43. The summed E-state index contributed by atoms with van der Waals surface area (Å²) in [5.41, 5.74) is 11.2. The van der Waals surface area contributed by atoms with Crippen molar-refractivity contribution in [3.63, 3.8) is 0 Å². The smallest absolute Gasteiger partial charge is 0.250 e. The molecule has 0 saturated carbocycles.